The van der Waals surface area contributed by atoms with Crippen LogP contribution in [0.5, 0.6) is 5.75 Å². The molecule has 20 heavy (non-hydrogen) atoms. The van der Waals surface area contributed by atoms with Crippen molar-refractivity contribution in [3.05, 3.63) is 29.6 Å². The topological polar surface area (TPSA) is 24.5 Å². The second-order valence-electron chi connectivity index (χ2n) is 5.48. The number of methoxy groups -OCH3 is 1. The predicted octanol–water partition coefficient (Wildman–Crippen LogP) is 3.22. The normalized spacial score (nSPS) is 16.0. The molecule has 2 unspecified atom stereocenters. The van der Waals surface area contributed by atoms with E-state index in [-0.39, 0.29) is 17.4 Å². The van der Waals surface area contributed by atoms with Gasteiger partial charge >= 0.3 is 0 Å². The van der Waals surface area contributed by atoms with Crippen molar-refractivity contribution in [3.63, 3.8) is 0 Å². The molecule has 1 N–H and O–H groups in total. The van der Waals surface area contributed by atoms with Crippen LogP contribution in [-0.2, 0) is 0 Å². The third-order valence-corrected chi connectivity index (χ3v) is 4.29. The van der Waals surface area contributed by atoms with Crippen molar-refractivity contribution >= 4 is 0 Å². The van der Waals surface area contributed by atoms with Crippen LogP contribution in [-0.4, -0.2) is 38.2 Å². The van der Waals surface area contributed by atoms with Gasteiger partial charge in [-0.25, -0.2) is 4.39 Å². The van der Waals surface area contributed by atoms with Gasteiger partial charge in [0.25, 0.3) is 0 Å². The zero-order valence-corrected chi connectivity index (χ0v) is 13.5. The number of rotatable bonds is 7. The largest absolute Gasteiger partial charge is 0.497 e. The van der Waals surface area contributed by atoms with Gasteiger partial charge in [-0.3, -0.25) is 0 Å². The number of hydrogen-bond donors (Lipinski definition) is 1. The summed E-state index contributed by atoms with van der Waals surface area (Å²) in [4.78, 5) is 2.16. The van der Waals surface area contributed by atoms with Crippen molar-refractivity contribution < 1.29 is 9.13 Å². The van der Waals surface area contributed by atoms with E-state index in [1.54, 1.807) is 7.11 Å². The van der Waals surface area contributed by atoms with Crippen LogP contribution in [0.3, 0.4) is 0 Å². The number of ether oxygens (including phenoxy) is 1. The van der Waals surface area contributed by atoms with E-state index in [0.29, 0.717) is 11.3 Å². The number of likely N-dealkylation sites (N-methyl/N-ethyl adjacent to an activating group) is 2. The van der Waals surface area contributed by atoms with E-state index < -0.39 is 0 Å². The average Bonchev–Trinajstić information content (AvgIpc) is 2.44. The maximum Gasteiger partial charge on any atom is 0.131 e. The summed E-state index contributed by atoms with van der Waals surface area (Å²) in [5.41, 5.74) is 0.525. The van der Waals surface area contributed by atoms with E-state index in [0.717, 1.165) is 13.0 Å². The Kier molecular flexibility index (Phi) is 5.96. The van der Waals surface area contributed by atoms with E-state index in [1.165, 1.54) is 6.07 Å². The zero-order valence-electron chi connectivity index (χ0n) is 13.5. The third kappa shape index (κ3) is 3.30. The van der Waals surface area contributed by atoms with Gasteiger partial charge in [-0.2, -0.15) is 0 Å². The van der Waals surface area contributed by atoms with Crippen LogP contribution in [0.25, 0.3) is 0 Å². The number of hydrogen-bond acceptors (Lipinski definition) is 3. The minimum absolute atomic E-state index is 0.0709. The monoisotopic (exact) mass is 282 g/mol. The highest BCUT2D eigenvalue weighted by atomic mass is 19.1. The Balaban J connectivity index is 3.26. The molecule has 4 heteroatoms. The Bertz CT molecular complexity index is 436. The van der Waals surface area contributed by atoms with Gasteiger partial charge in [0.1, 0.15) is 11.6 Å². The summed E-state index contributed by atoms with van der Waals surface area (Å²) in [6, 6.07) is 5.01. The lowest BCUT2D eigenvalue weighted by molar-refractivity contribution is 0.112. The lowest BCUT2D eigenvalue weighted by atomic mass is 9.83. The van der Waals surface area contributed by atoms with Gasteiger partial charge in [-0.05, 0) is 40.1 Å². The number of nitrogens with zero attached hydrogens (tertiary/aromatic N) is 1. The molecule has 2 atom stereocenters. The molecule has 1 aromatic rings. The molecule has 0 fully saturated rings. The number of benzene rings is 1. The summed E-state index contributed by atoms with van der Waals surface area (Å²) in [5.74, 6) is 0.321. The summed E-state index contributed by atoms with van der Waals surface area (Å²) in [6.07, 6.45) is 0.920. The molecule has 114 valence electrons. The van der Waals surface area contributed by atoms with Crippen LogP contribution in [0, 0.1) is 5.82 Å². The van der Waals surface area contributed by atoms with Crippen molar-refractivity contribution in [2.45, 2.75) is 38.8 Å². The smallest absolute Gasteiger partial charge is 0.131 e. The van der Waals surface area contributed by atoms with E-state index in [2.05, 4.69) is 24.1 Å². The molecule has 3 nitrogen and oxygen atoms in total. The maximum absolute atomic E-state index is 14.4. The highest BCUT2D eigenvalue weighted by Crippen LogP contribution is 2.35. The fourth-order valence-electron chi connectivity index (χ4n) is 2.52. The van der Waals surface area contributed by atoms with Crippen molar-refractivity contribution in [1.29, 1.82) is 0 Å². The van der Waals surface area contributed by atoms with Gasteiger partial charge in [0.05, 0.1) is 13.2 Å². The van der Waals surface area contributed by atoms with Crippen molar-refractivity contribution in [2.75, 3.05) is 27.7 Å². The minimum Gasteiger partial charge on any atom is -0.497 e. The molecule has 0 heterocycles. The molecule has 0 bridgehead atoms. The van der Waals surface area contributed by atoms with Crippen LogP contribution in [0.1, 0.15) is 38.8 Å². The second-order valence-corrected chi connectivity index (χ2v) is 5.48. The molecule has 1 aromatic carbocycles. The lowest BCUT2D eigenvalue weighted by Crippen LogP contribution is -2.51. The molecule has 0 saturated carbocycles. The van der Waals surface area contributed by atoms with Gasteiger partial charge in [0.2, 0.25) is 0 Å². The Morgan fingerprint density at radius 3 is 2.40 bits per heavy atom. The number of halogens is 1. The Labute approximate surface area is 122 Å². The Morgan fingerprint density at radius 2 is 2.00 bits per heavy atom. The third-order valence-electron chi connectivity index (χ3n) is 4.29. The highest BCUT2D eigenvalue weighted by molar-refractivity contribution is 5.32. The van der Waals surface area contributed by atoms with E-state index >= 15 is 0 Å². The summed E-state index contributed by atoms with van der Waals surface area (Å²) in [5, 5.41) is 3.43. The first-order valence-corrected chi connectivity index (χ1v) is 7.14. The Hall–Kier alpha value is -1.13. The molecule has 0 aromatic heterocycles. The first kappa shape index (κ1) is 16.9. The first-order chi connectivity index (χ1) is 9.40. The van der Waals surface area contributed by atoms with Crippen LogP contribution in [0.15, 0.2) is 18.2 Å². The van der Waals surface area contributed by atoms with Crippen LogP contribution in [0.2, 0.25) is 0 Å². The summed E-state index contributed by atoms with van der Waals surface area (Å²) < 4.78 is 19.5. The van der Waals surface area contributed by atoms with Crippen molar-refractivity contribution in [3.8, 4) is 5.75 Å². The average molecular weight is 282 g/mol. The van der Waals surface area contributed by atoms with Crippen LogP contribution >= 0.6 is 0 Å². The summed E-state index contributed by atoms with van der Waals surface area (Å²) in [7, 11) is 5.62. The van der Waals surface area contributed by atoms with Gasteiger partial charge in [-0.1, -0.05) is 19.9 Å². The minimum atomic E-state index is -0.225. The van der Waals surface area contributed by atoms with Gasteiger partial charge in [0, 0.05) is 17.2 Å². The van der Waals surface area contributed by atoms with Crippen LogP contribution in [0.4, 0.5) is 4.39 Å². The maximum atomic E-state index is 14.4. The Morgan fingerprint density at radius 1 is 1.35 bits per heavy atom. The molecule has 0 aliphatic carbocycles. The predicted molar refractivity (Wildman–Crippen MR) is 81.8 cm³/mol. The van der Waals surface area contributed by atoms with E-state index in [9.17, 15) is 4.39 Å². The summed E-state index contributed by atoms with van der Waals surface area (Å²) in [6.45, 7) is 7.12. The quantitative estimate of drug-likeness (QED) is 0.831. The van der Waals surface area contributed by atoms with Gasteiger partial charge < -0.3 is 15.0 Å². The SMILES string of the molecule is CCNC(c1ccc(OC)cc1F)C(C)(CC)N(C)C. The van der Waals surface area contributed by atoms with E-state index in [1.807, 2.05) is 33.2 Å². The van der Waals surface area contributed by atoms with Gasteiger partial charge in [0.15, 0.2) is 0 Å². The first-order valence-electron chi connectivity index (χ1n) is 7.14. The lowest BCUT2D eigenvalue weighted by Gasteiger charge is -2.43. The fraction of sp³-hybridized carbons (Fsp3) is 0.625. The fourth-order valence-corrected chi connectivity index (χ4v) is 2.52. The number of nitrogens with one attached hydrogen (secondary N) is 1. The molecule has 0 aliphatic rings. The molecular formula is C16H27FN2O. The highest BCUT2D eigenvalue weighted by Gasteiger charge is 2.36. The van der Waals surface area contributed by atoms with Crippen molar-refractivity contribution in [2.24, 2.45) is 0 Å². The van der Waals surface area contributed by atoms with Crippen molar-refractivity contribution in [1.82, 2.24) is 10.2 Å². The molecule has 0 radical (unpaired) electrons. The van der Waals surface area contributed by atoms with Gasteiger partial charge in [-0.15, -0.1) is 0 Å². The molecule has 1 rings (SSSR count). The standard InChI is InChI=1S/C16H27FN2O/c1-7-16(3,19(4)5)15(18-8-2)13-10-9-12(20-6)11-14(13)17/h9-11,15,18H,7-8H2,1-6H3. The molecule has 0 aliphatic heterocycles. The zero-order chi connectivity index (χ0) is 15.3. The van der Waals surface area contributed by atoms with E-state index in [4.69, 9.17) is 4.74 Å². The molecular weight excluding hydrogens is 255 g/mol. The molecule has 0 saturated heterocycles. The van der Waals surface area contributed by atoms with Crippen LogP contribution < -0.4 is 10.1 Å². The second kappa shape index (κ2) is 7.04. The molecule has 0 spiro atoms. The summed E-state index contributed by atoms with van der Waals surface area (Å²) >= 11 is 0. The molecule has 0 amide bonds.